The molecule has 1 aliphatic heterocycles. The first kappa shape index (κ1) is 27.2. The van der Waals surface area contributed by atoms with Gasteiger partial charge in [-0.25, -0.2) is 27.2 Å². The minimum atomic E-state index is -4.44. The number of sulfonamides is 1. The molecule has 0 unspecified atom stereocenters. The van der Waals surface area contributed by atoms with Crippen molar-refractivity contribution in [3.05, 3.63) is 71.9 Å². The van der Waals surface area contributed by atoms with Crippen LogP contribution in [0.1, 0.15) is 10.4 Å². The second kappa shape index (κ2) is 10.7. The van der Waals surface area contributed by atoms with Crippen LogP contribution in [0.4, 0.5) is 20.3 Å². The number of rotatable bonds is 6. The zero-order chi connectivity index (χ0) is 28.6. The molecule has 1 saturated heterocycles. The van der Waals surface area contributed by atoms with Gasteiger partial charge >= 0.3 is 0 Å². The fraction of sp³-hybridized carbons (Fsp3) is 0.222. The summed E-state index contributed by atoms with van der Waals surface area (Å²) in [5, 5.41) is 0.649. The molecule has 0 saturated carbocycles. The number of nitrogens with one attached hydrogen (secondary N) is 1. The second-order valence-corrected chi connectivity index (χ2v) is 11.0. The number of carbonyl (C=O) groups excluding carboxylic acids is 1. The lowest BCUT2D eigenvalue weighted by Gasteiger charge is -2.32. The molecular weight excluding hydrogens is 542 g/mol. The SMILES string of the molecule is COc1ncc(-c2ccc3nc(N)c(C(=O)N4CCN(C)CC4)cc3c2)cc1NS(=O)(=O)c1ccc(F)cc1F. The number of methoxy groups -OCH3 is 1. The summed E-state index contributed by atoms with van der Waals surface area (Å²) in [6.45, 7) is 2.71. The van der Waals surface area contributed by atoms with Crippen molar-refractivity contribution in [2.75, 3.05) is 50.8 Å². The Hall–Kier alpha value is -4.36. The Morgan fingerprint density at radius 2 is 1.77 bits per heavy atom. The summed E-state index contributed by atoms with van der Waals surface area (Å²) in [5.74, 6) is -2.25. The molecule has 40 heavy (non-hydrogen) atoms. The molecule has 1 fully saturated rings. The number of aromatic nitrogens is 2. The number of hydrogen-bond acceptors (Lipinski definition) is 8. The topological polar surface area (TPSA) is 131 Å². The normalized spacial score (nSPS) is 14.3. The van der Waals surface area contributed by atoms with Gasteiger partial charge in [0.1, 0.15) is 28.0 Å². The van der Waals surface area contributed by atoms with Gasteiger partial charge in [-0.1, -0.05) is 6.07 Å². The van der Waals surface area contributed by atoms with E-state index in [4.69, 9.17) is 10.5 Å². The average Bonchev–Trinajstić information content (AvgIpc) is 2.92. The second-order valence-electron chi connectivity index (χ2n) is 9.39. The number of piperazine rings is 1. The first-order valence-corrected chi connectivity index (χ1v) is 13.7. The molecular formula is C27H26F2N6O4S. The lowest BCUT2D eigenvalue weighted by molar-refractivity contribution is 0.0665. The van der Waals surface area contributed by atoms with E-state index >= 15 is 0 Å². The number of fused-ring (bicyclic) bond motifs is 1. The Balaban J connectivity index is 1.49. The fourth-order valence-electron chi connectivity index (χ4n) is 4.46. The van der Waals surface area contributed by atoms with Crippen molar-refractivity contribution >= 4 is 38.3 Å². The van der Waals surface area contributed by atoms with Gasteiger partial charge in [-0.2, -0.15) is 0 Å². The molecule has 2 aromatic heterocycles. The number of benzene rings is 2. The standard InChI is InChI=1S/C27H26F2N6O4S/c1-34-7-9-35(10-8-34)27(36)20-12-17-11-16(3-5-22(17)32-25(20)30)18-13-23(26(39-2)31-15-18)33-40(37,38)24-6-4-19(28)14-21(24)29/h3-6,11-15,33H,7-10H2,1-2H3,(H2,30,32). The monoisotopic (exact) mass is 568 g/mol. The number of nitrogens with zero attached hydrogens (tertiary/aromatic N) is 4. The van der Waals surface area contributed by atoms with Crippen molar-refractivity contribution in [3.8, 4) is 17.0 Å². The van der Waals surface area contributed by atoms with Gasteiger partial charge in [0.25, 0.3) is 15.9 Å². The first-order chi connectivity index (χ1) is 19.1. The van der Waals surface area contributed by atoms with Crippen LogP contribution >= 0.6 is 0 Å². The number of nitrogen functional groups attached to an aromatic ring is 1. The predicted octanol–water partition coefficient (Wildman–Crippen LogP) is 3.35. The highest BCUT2D eigenvalue weighted by Crippen LogP contribution is 2.32. The summed E-state index contributed by atoms with van der Waals surface area (Å²) >= 11 is 0. The Kier molecular flexibility index (Phi) is 7.25. The van der Waals surface area contributed by atoms with E-state index in [9.17, 15) is 22.0 Å². The Morgan fingerprint density at radius 3 is 2.48 bits per heavy atom. The van der Waals surface area contributed by atoms with Crippen LogP contribution in [0.15, 0.2) is 59.6 Å². The quantitative estimate of drug-likeness (QED) is 0.362. The van der Waals surface area contributed by atoms with Gasteiger partial charge in [-0.05, 0) is 49.0 Å². The van der Waals surface area contributed by atoms with E-state index in [0.717, 1.165) is 25.2 Å². The molecule has 1 amide bonds. The lowest BCUT2D eigenvalue weighted by Crippen LogP contribution is -2.47. The largest absolute Gasteiger partial charge is 0.480 e. The van der Waals surface area contributed by atoms with Gasteiger partial charge in [0.05, 0.1) is 18.2 Å². The van der Waals surface area contributed by atoms with Gasteiger partial charge in [-0.3, -0.25) is 9.52 Å². The predicted molar refractivity (Wildman–Crippen MR) is 147 cm³/mol. The Morgan fingerprint density at radius 1 is 1.02 bits per heavy atom. The van der Waals surface area contributed by atoms with Crippen LogP contribution in [0.3, 0.4) is 0 Å². The molecule has 1 aliphatic rings. The smallest absolute Gasteiger partial charge is 0.264 e. The maximum atomic E-state index is 14.2. The van der Waals surface area contributed by atoms with Crippen molar-refractivity contribution in [2.45, 2.75) is 4.90 Å². The first-order valence-electron chi connectivity index (χ1n) is 12.3. The van der Waals surface area contributed by atoms with Crippen LogP contribution in [-0.4, -0.2) is 74.4 Å². The van der Waals surface area contributed by atoms with E-state index in [-0.39, 0.29) is 23.3 Å². The minimum absolute atomic E-state index is 0.0508. The van der Waals surface area contributed by atoms with Crippen LogP contribution in [0, 0.1) is 11.6 Å². The number of carbonyl (C=O) groups is 1. The zero-order valence-electron chi connectivity index (χ0n) is 21.7. The molecule has 0 atom stereocenters. The minimum Gasteiger partial charge on any atom is -0.480 e. The van der Waals surface area contributed by atoms with Crippen molar-refractivity contribution in [1.82, 2.24) is 19.8 Å². The van der Waals surface area contributed by atoms with E-state index in [1.54, 1.807) is 29.2 Å². The number of pyridine rings is 2. The lowest BCUT2D eigenvalue weighted by atomic mass is 10.0. The highest BCUT2D eigenvalue weighted by molar-refractivity contribution is 7.92. The average molecular weight is 569 g/mol. The third kappa shape index (κ3) is 5.38. The van der Waals surface area contributed by atoms with Gasteiger partial charge in [0.2, 0.25) is 5.88 Å². The van der Waals surface area contributed by atoms with Crippen molar-refractivity contribution < 1.29 is 26.7 Å². The molecule has 10 nitrogen and oxygen atoms in total. The van der Waals surface area contributed by atoms with Crippen LogP contribution in [0.5, 0.6) is 5.88 Å². The van der Waals surface area contributed by atoms with Crippen molar-refractivity contribution in [2.24, 2.45) is 0 Å². The fourth-order valence-corrected chi connectivity index (χ4v) is 5.57. The number of amides is 1. The number of ether oxygens (including phenoxy) is 1. The van der Waals surface area contributed by atoms with Gasteiger partial charge in [0.15, 0.2) is 0 Å². The summed E-state index contributed by atoms with van der Waals surface area (Å²) in [7, 11) is -1.13. The number of likely N-dealkylation sites (N-methyl/N-ethyl adjacent to an activating group) is 1. The van der Waals surface area contributed by atoms with Crippen molar-refractivity contribution in [1.29, 1.82) is 0 Å². The van der Waals surface area contributed by atoms with E-state index in [2.05, 4.69) is 19.6 Å². The molecule has 3 heterocycles. The highest BCUT2D eigenvalue weighted by atomic mass is 32.2. The molecule has 0 aliphatic carbocycles. The zero-order valence-corrected chi connectivity index (χ0v) is 22.5. The maximum absolute atomic E-state index is 14.2. The Labute approximate surface area is 229 Å². The number of anilines is 2. The van der Waals surface area contributed by atoms with E-state index in [1.165, 1.54) is 19.4 Å². The van der Waals surface area contributed by atoms with E-state index in [1.807, 2.05) is 7.05 Å². The molecule has 0 bridgehead atoms. The Bertz CT molecular complexity index is 1730. The summed E-state index contributed by atoms with van der Waals surface area (Å²) in [5.41, 5.74) is 8.11. The maximum Gasteiger partial charge on any atom is 0.264 e. The third-order valence-electron chi connectivity index (χ3n) is 6.67. The molecule has 3 N–H and O–H groups in total. The molecule has 0 radical (unpaired) electrons. The highest BCUT2D eigenvalue weighted by Gasteiger charge is 2.24. The molecule has 13 heteroatoms. The van der Waals surface area contributed by atoms with E-state index in [0.29, 0.717) is 46.7 Å². The third-order valence-corrected chi connectivity index (χ3v) is 8.07. The van der Waals surface area contributed by atoms with Gasteiger partial charge in [-0.15, -0.1) is 0 Å². The summed E-state index contributed by atoms with van der Waals surface area (Å²) in [6.07, 6.45) is 1.48. The van der Waals surface area contributed by atoms with Crippen LogP contribution in [-0.2, 0) is 10.0 Å². The number of nitrogens with two attached hydrogens (primary N) is 1. The number of hydrogen-bond donors (Lipinski definition) is 2. The van der Waals surface area contributed by atoms with E-state index < -0.39 is 26.6 Å². The molecule has 0 spiro atoms. The van der Waals surface area contributed by atoms with Crippen LogP contribution in [0.2, 0.25) is 0 Å². The van der Waals surface area contributed by atoms with Crippen molar-refractivity contribution in [3.63, 3.8) is 0 Å². The summed E-state index contributed by atoms with van der Waals surface area (Å²) < 4.78 is 60.8. The van der Waals surface area contributed by atoms with Gasteiger partial charge < -0.3 is 20.3 Å². The number of halogens is 2. The molecule has 5 rings (SSSR count). The van der Waals surface area contributed by atoms with Crippen LogP contribution in [0.25, 0.3) is 22.0 Å². The molecule has 2 aromatic carbocycles. The van der Waals surface area contributed by atoms with Crippen LogP contribution < -0.4 is 15.2 Å². The molecule has 208 valence electrons. The summed E-state index contributed by atoms with van der Waals surface area (Å²) in [4.78, 5) is 25.0. The van der Waals surface area contributed by atoms with Gasteiger partial charge in [0, 0.05) is 49.4 Å². The summed E-state index contributed by atoms with van der Waals surface area (Å²) in [6, 6.07) is 10.6. The molecule has 4 aromatic rings.